The van der Waals surface area contributed by atoms with Crippen molar-refractivity contribution in [3.63, 3.8) is 0 Å². The molecule has 0 spiro atoms. The minimum atomic E-state index is -0.830. The van der Waals surface area contributed by atoms with Crippen molar-refractivity contribution in [1.82, 2.24) is 4.57 Å². The zero-order chi connectivity index (χ0) is 33.9. The number of fused-ring (bicyclic) bond motifs is 1. The number of nitrogens with zero attached hydrogens (tertiary/aromatic N) is 2. The Morgan fingerprint density at radius 2 is 1.79 bits per heavy atom. The zero-order valence-corrected chi connectivity index (χ0v) is 28.0. The molecular weight excluding hydrogens is 628 g/mol. The van der Waals surface area contributed by atoms with Gasteiger partial charge in [-0.25, -0.2) is 14.6 Å². The molecule has 1 aliphatic rings. The first kappa shape index (κ1) is 32.5. The third-order valence-electron chi connectivity index (χ3n) is 7.75. The molecular formula is C38H34N2O7S. The summed E-state index contributed by atoms with van der Waals surface area (Å²) in [6.07, 6.45) is 1.46. The van der Waals surface area contributed by atoms with E-state index in [1.807, 2.05) is 67.6 Å². The number of thiazole rings is 1. The molecule has 2 aromatic heterocycles. The molecule has 0 N–H and O–H groups in total. The van der Waals surface area contributed by atoms with Crippen LogP contribution in [-0.4, -0.2) is 36.3 Å². The van der Waals surface area contributed by atoms with Crippen molar-refractivity contribution >= 4 is 35.0 Å². The number of rotatable bonds is 9. The Labute approximate surface area is 281 Å². The number of ether oxygens (including phenoxy) is 3. The third-order valence-corrected chi connectivity index (χ3v) is 8.74. The van der Waals surface area contributed by atoms with E-state index in [-0.39, 0.29) is 29.8 Å². The van der Waals surface area contributed by atoms with Crippen LogP contribution in [0.1, 0.15) is 59.6 Å². The summed E-state index contributed by atoms with van der Waals surface area (Å²) in [5.74, 6) is 0.685. The average Bonchev–Trinajstić information content (AvgIpc) is 3.67. The second-order valence-electron chi connectivity index (χ2n) is 11.4. The highest BCUT2D eigenvalue weighted by molar-refractivity contribution is 7.07. The van der Waals surface area contributed by atoms with E-state index in [0.717, 1.165) is 16.7 Å². The van der Waals surface area contributed by atoms with Crippen molar-refractivity contribution in [1.29, 1.82) is 0 Å². The van der Waals surface area contributed by atoms with Crippen LogP contribution in [-0.2, 0) is 14.3 Å². The molecule has 0 amide bonds. The average molecular weight is 663 g/mol. The van der Waals surface area contributed by atoms with Crippen LogP contribution in [0.25, 0.3) is 23.1 Å². The van der Waals surface area contributed by atoms with Crippen LogP contribution in [0, 0.1) is 6.92 Å². The summed E-state index contributed by atoms with van der Waals surface area (Å²) in [6, 6.07) is 24.7. The van der Waals surface area contributed by atoms with Crippen molar-refractivity contribution < 1.29 is 28.2 Å². The molecule has 0 fully saturated rings. The largest absolute Gasteiger partial charge is 0.497 e. The van der Waals surface area contributed by atoms with Crippen LogP contribution in [0.15, 0.2) is 105 Å². The van der Waals surface area contributed by atoms with Gasteiger partial charge in [-0.2, -0.15) is 0 Å². The van der Waals surface area contributed by atoms with E-state index in [0.29, 0.717) is 43.4 Å². The number of benzene rings is 3. The Kier molecular flexibility index (Phi) is 9.27. The number of hydrogen-bond acceptors (Lipinski definition) is 9. The minimum Gasteiger partial charge on any atom is -0.497 e. The first-order valence-corrected chi connectivity index (χ1v) is 16.3. The topological polar surface area (TPSA) is 109 Å². The van der Waals surface area contributed by atoms with Crippen LogP contribution in [0.5, 0.6) is 5.75 Å². The van der Waals surface area contributed by atoms with Crippen molar-refractivity contribution in [2.24, 2.45) is 4.99 Å². The van der Waals surface area contributed by atoms with E-state index in [4.69, 9.17) is 23.6 Å². The van der Waals surface area contributed by atoms with Gasteiger partial charge in [-0.05, 0) is 75.2 Å². The number of carbonyl (C=O) groups excluding carboxylic acids is 2. The molecule has 0 aliphatic carbocycles. The molecule has 1 atom stereocenters. The van der Waals surface area contributed by atoms with Gasteiger partial charge in [0.25, 0.3) is 5.56 Å². The monoisotopic (exact) mass is 662 g/mol. The molecule has 244 valence electrons. The van der Waals surface area contributed by atoms with E-state index >= 15 is 0 Å². The molecule has 0 saturated heterocycles. The highest BCUT2D eigenvalue weighted by Crippen LogP contribution is 2.36. The first-order chi connectivity index (χ1) is 23.2. The summed E-state index contributed by atoms with van der Waals surface area (Å²) in [5, 5.41) is 0. The van der Waals surface area contributed by atoms with Gasteiger partial charge < -0.3 is 18.6 Å². The first-order valence-electron chi connectivity index (χ1n) is 15.5. The number of methoxy groups -OCH3 is 1. The molecule has 1 aliphatic heterocycles. The van der Waals surface area contributed by atoms with Gasteiger partial charge in [0.2, 0.25) is 0 Å². The SMILES string of the molecule is CCOC(=O)C1=C(c2ccccc2)N=c2s/c(=C/c3ccc(-c4ccc(C(=O)OC(C)C)cc4C)o3)c(=O)n2[C@H]1c1cccc(OC)c1. The molecule has 0 saturated carbocycles. The van der Waals surface area contributed by atoms with Crippen LogP contribution in [0.3, 0.4) is 0 Å². The normalized spacial score (nSPS) is 14.5. The summed E-state index contributed by atoms with van der Waals surface area (Å²) in [7, 11) is 1.57. The van der Waals surface area contributed by atoms with Crippen molar-refractivity contribution in [3.8, 4) is 17.1 Å². The number of aryl methyl sites for hydroxylation is 1. The predicted molar refractivity (Wildman–Crippen MR) is 183 cm³/mol. The number of aromatic nitrogens is 1. The fraction of sp³-hybridized carbons (Fsp3) is 0.211. The van der Waals surface area contributed by atoms with Crippen molar-refractivity contribution in [2.75, 3.05) is 13.7 Å². The van der Waals surface area contributed by atoms with E-state index in [1.54, 1.807) is 58.2 Å². The van der Waals surface area contributed by atoms with Gasteiger partial charge in [-0.3, -0.25) is 9.36 Å². The summed E-state index contributed by atoms with van der Waals surface area (Å²) < 4.78 is 24.5. The van der Waals surface area contributed by atoms with Gasteiger partial charge in [0, 0.05) is 17.2 Å². The van der Waals surface area contributed by atoms with Crippen molar-refractivity contribution in [2.45, 2.75) is 39.8 Å². The summed E-state index contributed by atoms with van der Waals surface area (Å²) in [5.41, 5.74) is 3.86. The van der Waals surface area contributed by atoms with Crippen LogP contribution in [0.2, 0.25) is 0 Å². The lowest BCUT2D eigenvalue weighted by molar-refractivity contribution is -0.138. The molecule has 48 heavy (non-hydrogen) atoms. The summed E-state index contributed by atoms with van der Waals surface area (Å²) >= 11 is 1.21. The third kappa shape index (κ3) is 6.39. The van der Waals surface area contributed by atoms with E-state index < -0.39 is 12.0 Å². The Balaban J connectivity index is 1.48. The summed E-state index contributed by atoms with van der Waals surface area (Å²) in [4.78, 5) is 45.6. The fourth-order valence-corrected chi connectivity index (χ4v) is 6.60. The van der Waals surface area contributed by atoms with Gasteiger partial charge in [-0.1, -0.05) is 59.9 Å². The zero-order valence-electron chi connectivity index (χ0n) is 27.2. The number of carbonyl (C=O) groups is 2. The lowest BCUT2D eigenvalue weighted by Crippen LogP contribution is -2.40. The van der Waals surface area contributed by atoms with E-state index in [1.165, 1.54) is 15.9 Å². The smallest absolute Gasteiger partial charge is 0.338 e. The predicted octanol–water partition coefficient (Wildman–Crippen LogP) is 6.08. The molecule has 3 aromatic carbocycles. The van der Waals surface area contributed by atoms with Gasteiger partial charge >= 0.3 is 11.9 Å². The maximum atomic E-state index is 14.2. The van der Waals surface area contributed by atoms with Gasteiger partial charge in [0.1, 0.15) is 17.3 Å². The Hall–Kier alpha value is -5.48. The molecule has 9 nitrogen and oxygen atoms in total. The quantitative estimate of drug-likeness (QED) is 0.176. The molecule has 10 heteroatoms. The molecule has 0 unspecified atom stereocenters. The number of esters is 2. The minimum absolute atomic E-state index is 0.157. The molecule has 0 bridgehead atoms. The molecule has 0 radical (unpaired) electrons. The Bertz CT molecular complexity index is 2220. The van der Waals surface area contributed by atoms with Crippen LogP contribution >= 0.6 is 11.3 Å². The van der Waals surface area contributed by atoms with Crippen LogP contribution in [0.4, 0.5) is 0 Å². The van der Waals surface area contributed by atoms with Gasteiger partial charge in [-0.15, -0.1) is 0 Å². The van der Waals surface area contributed by atoms with Crippen molar-refractivity contribution in [3.05, 3.63) is 138 Å². The fourth-order valence-electron chi connectivity index (χ4n) is 5.62. The lowest BCUT2D eigenvalue weighted by Gasteiger charge is -2.26. The molecule has 5 aromatic rings. The van der Waals surface area contributed by atoms with Gasteiger partial charge in [0.05, 0.1) is 47.2 Å². The maximum absolute atomic E-state index is 14.2. The van der Waals surface area contributed by atoms with Crippen LogP contribution < -0.4 is 19.6 Å². The second-order valence-corrected chi connectivity index (χ2v) is 12.4. The Morgan fingerprint density at radius 3 is 2.50 bits per heavy atom. The maximum Gasteiger partial charge on any atom is 0.338 e. The number of furan rings is 1. The van der Waals surface area contributed by atoms with E-state index in [2.05, 4.69) is 0 Å². The second kappa shape index (κ2) is 13.7. The standard InChI is InChI=1S/C38H34N2O7S/c1-6-45-37(43)32-33(24-11-8-7-9-12-24)39-38-40(34(32)25-13-10-14-27(20-25)44-5)35(41)31(48-38)21-28-16-18-30(47-28)29-17-15-26(19-23(29)4)36(42)46-22(2)3/h7-22,34H,6H2,1-5H3/b31-21+/t34-/m0/s1. The Morgan fingerprint density at radius 1 is 1.00 bits per heavy atom. The van der Waals surface area contributed by atoms with E-state index in [9.17, 15) is 14.4 Å². The van der Waals surface area contributed by atoms with Gasteiger partial charge in [0.15, 0.2) is 4.80 Å². The lowest BCUT2D eigenvalue weighted by atomic mass is 9.93. The molecule has 6 rings (SSSR count). The number of hydrogen-bond donors (Lipinski definition) is 0. The highest BCUT2D eigenvalue weighted by Gasteiger charge is 2.35. The highest BCUT2D eigenvalue weighted by atomic mass is 32.1. The summed E-state index contributed by atoms with van der Waals surface area (Å²) in [6.45, 7) is 7.41. The molecule has 3 heterocycles.